The van der Waals surface area contributed by atoms with Crippen LogP contribution in [0.4, 0.5) is 18.0 Å². The van der Waals surface area contributed by atoms with E-state index in [-0.39, 0.29) is 23.9 Å². The van der Waals surface area contributed by atoms with Gasteiger partial charge in [-0.25, -0.2) is 9.48 Å². The number of hydrogen-bond donors (Lipinski definition) is 0. The number of benzene rings is 1. The highest BCUT2D eigenvalue weighted by Crippen LogP contribution is 2.44. The minimum Gasteiger partial charge on any atom is -0.444 e. The molecule has 3 atom stereocenters. The average Bonchev–Trinajstić information content (AvgIpc) is 3.21. The number of halogens is 3. The quantitative estimate of drug-likeness (QED) is 0.467. The molecule has 2 heterocycles. The number of aryl methyl sites for hydroxylation is 1. The van der Waals surface area contributed by atoms with Crippen molar-refractivity contribution in [2.75, 3.05) is 13.1 Å². The summed E-state index contributed by atoms with van der Waals surface area (Å²) < 4.78 is 52.8. The Labute approximate surface area is 210 Å². The van der Waals surface area contributed by atoms with Gasteiger partial charge in [0.05, 0.1) is 11.6 Å². The number of hydrogen-bond acceptors (Lipinski definition) is 5. The molecule has 1 amide bonds. The van der Waals surface area contributed by atoms with Gasteiger partial charge in [-0.1, -0.05) is 0 Å². The summed E-state index contributed by atoms with van der Waals surface area (Å²) in [4.78, 5) is 19.0. The Balaban J connectivity index is 1.50. The molecule has 1 aromatic carbocycles. The summed E-state index contributed by atoms with van der Waals surface area (Å²) >= 11 is 0. The molecule has 2 aromatic rings. The third-order valence-electron chi connectivity index (χ3n) is 6.82. The van der Waals surface area contributed by atoms with E-state index in [9.17, 15) is 18.0 Å². The molecule has 198 valence electrons. The molecule has 2 aliphatic rings. The van der Waals surface area contributed by atoms with Crippen molar-refractivity contribution in [1.82, 2.24) is 19.7 Å². The molecular formula is C26H35F3N4O3. The van der Waals surface area contributed by atoms with E-state index in [4.69, 9.17) is 9.47 Å². The number of ether oxygens (including phenoxy) is 2. The molecule has 1 unspecified atom stereocenters. The second kappa shape index (κ2) is 9.59. The van der Waals surface area contributed by atoms with E-state index in [0.717, 1.165) is 25.0 Å². The van der Waals surface area contributed by atoms with Gasteiger partial charge in [-0.05, 0) is 95.9 Å². The summed E-state index contributed by atoms with van der Waals surface area (Å²) in [6, 6.07) is 3.72. The van der Waals surface area contributed by atoms with Crippen molar-refractivity contribution in [3.05, 3.63) is 35.2 Å². The normalized spacial score (nSPS) is 22.3. The third-order valence-corrected chi connectivity index (χ3v) is 6.82. The van der Waals surface area contributed by atoms with Gasteiger partial charge in [0, 0.05) is 19.5 Å². The van der Waals surface area contributed by atoms with Gasteiger partial charge in [0.2, 0.25) is 0 Å². The summed E-state index contributed by atoms with van der Waals surface area (Å²) in [5, 5.41) is 4.65. The second-order valence-electron chi connectivity index (χ2n) is 11.3. The number of alkyl halides is 3. The van der Waals surface area contributed by atoms with E-state index in [1.165, 1.54) is 0 Å². The molecule has 1 aliphatic carbocycles. The molecule has 1 aromatic heterocycles. The maximum absolute atomic E-state index is 13.3. The topological polar surface area (TPSA) is 69.5 Å². The lowest BCUT2D eigenvalue weighted by atomic mass is 9.82. The highest BCUT2D eigenvalue weighted by molar-refractivity contribution is 5.68. The fraction of sp³-hybridized carbons (Fsp3) is 0.654. The molecule has 36 heavy (non-hydrogen) atoms. The molecule has 4 rings (SSSR count). The Morgan fingerprint density at radius 1 is 1.11 bits per heavy atom. The summed E-state index contributed by atoms with van der Waals surface area (Å²) in [7, 11) is 0. The lowest BCUT2D eigenvalue weighted by Crippen LogP contribution is -2.47. The Bertz CT molecular complexity index is 1090. The molecule has 1 saturated heterocycles. The van der Waals surface area contributed by atoms with Crippen LogP contribution in [0, 0.1) is 24.7 Å². The van der Waals surface area contributed by atoms with E-state index in [1.54, 1.807) is 17.7 Å². The Hall–Kier alpha value is -2.78. The van der Waals surface area contributed by atoms with Crippen LogP contribution < -0.4 is 4.74 Å². The minimum atomic E-state index is -4.46. The number of carbonyl (C=O) groups excluding carboxylic acids is 1. The van der Waals surface area contributed by atoms with Crippen LogP contribution >= 0.6 is 0 Å². The number of rotatable bonds is 5. The lowest BCUT2D eigenvalue weighted by molar-refractivity contribution is -0.137. The summed E-state index contributed by atoms with van der Waals surface area (Å²) in [6.07, 6.45) is -2.03. The van der Waals surface area contributed by atoms with Crippen LogP contribution in [-0.2, 0) is 17.3 Å². The highest BCUT2D eigenvalue weighted by Gasteiger charge is 2.44. The van der Waals surface area contributed by atoms with Crippen LogP contribution in [-0.4, -0.2) is 44.4 Å². The highest BCUT2D eigenvalue weighted by atomic mass is 19.4. The molecule has 0 spiro atoms. The first-order valence-corrected chi connectivity index (χ1v) is 12.5. The zero-order valence-electron chi connectivity index (χ0n) is 21.7. The molecule has 7 nitrogen and oxygen atoms in total. The van der Waals surface area contributed by atoms with Gasteiger partial charge in [-0.2, -0.15) is 23.3 Å². The molecule has 0 radical (unpaired) electrons. The van der Waals surface area contributed by atoms with Crippen LogP contribution in [0.2, 0.25) is 0 Å². The first kappa shape index (κ1) is 26.3. The number of carbonyl (C=O) groups is 1. The van der Waals surface area contributed by atoms with Crippen molar-refractivity contribution in [2.24, 2.45) is 17.8 Å². The summed E-state index contributed by atoms with van der Waals surface area (Å²) in [5.41, 5.74) is -0.847. The van der Waals surface area contributed by atoms with Gasteiger partial charge in [0.15, 0.2) is 5.82 Å². The molecule has 1 aliphatic heterocycles. The number of nitrogens with zero attached hydrogens (tertiary/aromatic N) is 4. The first-order chi connectivity index (χ1) is 16.7. The minimum absolute atomic E-state index is 0.0777. The molecule has 2 fully saturated rings. The molecular weight excluding hydrogens is 473 g/mol. The SMILES string of the molecule is Cc1cc(Oc2nc(CC3[C@@H]4CC[C@H]3CN(C(=O)OC(C)(C)C)C4)nn2C(C)C)cc(C(F)(F)F)c1. The van der Waals surface area contributed by atoms with Crippen LogP contribution in [0.3, 0.4) is 0 Å². The summed E-state index contributed by atoms with van der Waals surface area (Å²) in [6.45, 7) is 12.3. The number of amides is 1. The number of likely N-dealkylation sites (tertiary alicyclic amines) is 1. The Morgan fingerprint density at radius 2 is 1.75 bits per heavy atom. The largest absolute Gasteiger partial charge is 0.444 e. The molecule has 10 heteroatoms. The number of aromatic nitrogens is 3. The molecule has 1 saturated carbocycles. The van der Waals surface area contributed by atoms with Crippen LogP contribution in [0.1, 0.15) is 70.5 Å². The van der Waals surface area contributed by atoms with Gasteiger partial charge >= 0.3 is 18.3 Å². The van der Waals surface area contributed by atoms with Crippen molar-refractivity contribution in [1.29, 1.82) is 0 Å². The van der Waals surface area contributed by atoms with Gasteiger partial charge in [0.25, 0.3) is 0 Å². The zero-order valence-corrected chi connectivity index (χ0v) is 21.7. The molecule has 0 N–H and O–H groups in total. The van der Waals surface area contributed by atoms with Crippen LogP contribution in [0.5, 0.6) is 11.8 Å². The fourth-order valence-corrected chi connectivity index (χ4v) is 5.27. The maximum atomic E-state index is 13.3. The van der Waals surface area contributed by atoms with Crippen molar-refractivity contribution in [3.63, 3.8) is 0 Å². The first-order valence-electron chi connectivity index (χ1n) is 12.5. The number of piperidine rings is 1. The fourth-order valence-electron chi connectivity index (χ4n) is 5.27. The van der Waals surface area contributed by atoms with E-state index in [1.807, 2.05) is 39.5 Å². The van der Waals surface area contributed by atoms with E-state index < -0.39 is 17.3 Å². The third kappa shape index (κ3) is 5.95. The maximum Gasteiger partial charge on any atom is 0.416 e. The molecule has 2 bridgehead atoms. The average molecular weight is 509 g/mol. The Kier molecular flexibility index (Phi) is 7.00. The smallest absolute Gasteiger partial charge is 0.416 e. The van der Waals surface area contributed by atoms with Gasteiger partial charge in [-0.3, -0.25) is 0 Å². The van der Waals surface area contributed by atoms with Crippen molar-refractivity contribution in [2.45, 2.75) is 78.6 Å². The van der Waals surface area contributed by atoms with Crippen molar-refractivity contribution >= 4 is 6.09 Å². The van der Waals surface area contributed by atoms with Gasteiger partial charge in [0.1, 0.15) is 11.4 Å². The second-order valence-corrected chi connectivity index (χ2v) is 11.3. The van der Waals surface area contributed by atoms with Gasteiger partial charge in [-0.15, -0.1) is 0 Å². The number of fused-ring (bicyclic) bond motifs is 2. The van der Waals surface area contributed by atoms with E-state index in [2.05, 4.69) is 10.1 Å². The predicted octanol–water partition coefficient (Wildman–Crippen LogP) is 6.41. The van der Waals surface area contributed by atoms with Crippen LogP contribution in [0.15, 0.2) is 18.2 Å². The van der Waals surface area contributed by atoms with Crippen molar-refractivity contribution < 1.29 is 27.4 Å². The predicted molar refractivity (Wildman–Crippen MR) is 128 cm³/mol. The summed E-state index contributed by atoms with van der Waals surface area (Å²) in [5.74, 6) is 1.68. The lowest BCUT2D eigenvalue weighted by Gasteiger charge is -2.38. The van der Waals surface area contributed by atoms with Gasteiger partial charge < -0.3 is 14.4 Å². The van der Waals surface area contributed by atoms with E-state index in [0.29, 0.717) is 48.7 Å². The van der Waals surface area contributed by atoms with E-state index >= 15 is 0 Å². The van der Waals surface area contributed by atoms with Crippen molar-refractivity contribution in [3.8, 4) is 11.8 Å². The monoisotopic (exact) mass is 508 g/mol. The van der Waals surface area contributed by atoms with Crippen LogP contribution in [0.25, 0.3) is 0 Å². The standard InChI is InChI=1S/C26H35F3N4O3/c1-15(2)33-23(35-20-10-16(3)9-19(11-20)26(27,28)29)30-22(31-33)12-21-17-7-8-18(21)14-32(13-17)24(34)36-25(4,5)6/h9-11,15,17-18,21H,7-8,12-14H2,1-6H3/t17-,18+,21?. The Morgan fingerprint density at radius 3 is 2.31 bits per heavy atom. The zero-order chi connectivity index (χ0) is 26.4.